The Bertz CT molecular complexity index is 2010. The van der Waals surface area contributed by atoms with Crippen LogP contribution in [0.4, 0.5) is 13.9 Å². The van der Waals surface area contributed by atoms with E-state index in [1.54, 1.807) is 26.8 Å². The Hall–Kier alpha value is -4.02. The number of anilines is 1. The zero-order valence-electron chi connectivity index (χ0n) is 30.5. The van der Waals surface area contributed by atoms with Gasteiger partial charge in [-0.3, -0.25) is 14.9 Å². The molecule has 0 aliphatic heterocycles. The monoisotopic (exact) mass is 770 g/mol. The Labute approximate surface area is 313 Å². The number of hydrogen-bond acceptors (Lipinski definition) is 9. The summed E-state index contributed by atoms with van der Waals surface area (Å²) in [4.78, 5) is 31.6. The lowest BCUT2D eigenvalue weighted by Gasteiger charge is -2.34. The molecule has 1 fully saturated rings. The van der Waals surface area contributed by atoms with E-state index >= 15 is 0 Å². The van der Waals surface area contributed by atoms with Crippen LogP contribution in [0.15, 0.2) is 71.6 Å². The highest BCUT2D eigenvalue weighted by atomic mass is 32.2. The van der Waals surface area contributed by atoms with Crippen molar-refractivity contribution in [1.82, 2.24) is 25.2 Å². The number of aliphatic hydroxyl groups excluding tert-OH is 1. The van der Waals surface area contributed by atoms with E-state index in [9.17, 15) is 31.9 Å². The summed E-state index contributed by atoms with van der Waals surface area (Å²) in [5.41, 5.74) is 6.11. The minimum atomic E-state index is -4.11. The van der Waals surface area contributed by atoms with Crippen molar-refractivity contribution in [2.45, 2.75) is 82.5 Å². The largest absolute Gasteiger partial charge is 0.390 e. The van der Waals surface area contributed by atoms with Crippen LogP contribution in [-0.4, -0.2) is 72.4 Å². The molecule has 286 valence electrons. The molecule has 5 rings (SSSR count). The number of hydrogen-bond donors (Lipinski definition) is 5. The predicted molar refractivity (Wildman–Crippen MR) is 202 cm³/mol. The van der Waals surface area contributed by atoms with Crippen LogP contribution in [0.25, 0.3) is 10.2 Å². The number of carbonyl (C=O) groups excluding carboxylic acids is 2. The van der Waals surface area contributed by atoms with Gasteiger partial charge in [0.2, 0.25) is 21.8 Å². The Morgan fingerprint density at radius 1 is 1.00 bits per heavy atom. The van der Waals surface area contributed by atoms with Crippen molar-refractivity contribution < 1.29 is 31.9 Å². The molecule has 4 aromatic rings. The van der Waals surface area contributed by atoms with Gasteiger partial charge in [0.1, 0.15) is 17.7 Å². The van der Waals surface area contributed by atoms with Gasteiger partial charge in [0.15, 0.2) is 5.13 Å². The Morgan fingerprint density at radius 2 is 1.66 bits per heavy atom. The van der Waals surface area contributed by atoms with Gasteiger partial charge in [-0.15, -0.1) is 0 Å². The van der Waals surface area contributed by atoms with Gasteiger partial charge < -0.3 is 21.5 Å². The standard InChI is InChI=1S/C38H48F2N6O5S2/c1-23(2)21-46(53(50,51)28-11-12-29-32(19-28)52-36(41)44-29)22-31(47)30(15-24-9-7-6-8-10-24)43-35(49)34(37(3,4)5)45-33(48)20-42-38(13-14-38)25-16-26(39)18-27(40)17-25/h6-12,16-19,23,30-31,34,42,47H,13-15,20-22H2,1-5H3,(H2,41,44)(H,43,49)(H,45,48)/t30-,31+,34+/m0/s1. The first-order valence-corrected chi connectivity index (χ1v) is 19.8. The molecular weight excluding hydrogens is 723 g/mol. The van der Waals surface area contributed by atoms with E-state index < -0.39 is 62.6 Å². The van der Waals surface area contributed by atoms with Crippen LogP contribution >= 0.6 is 11.3 Å². The second kappa shape index (κ2) is 16.1. The fourth-order valence-corrected chi connectivity index (χ4v) is 8.82. The molecule has 1 heterocycles. The van der Waals surface area contributed by atoms with Crippen LogP contribution in [0, 0.1) is 23.0 Å². The smallest absolute Gasteiger partial charge is 0.243 e. The van der Waals surface area contributed by atoms with Crippen LogP contribution in [0.5, 0.6) is 0 Å². The molecule has 1 aromatic heterocycles. The molecule has 3 aromatic carbocycles. The van der Waals surface area contributed by atoms with Crippen molar-refractivity contribution in [1.29, 1.82) is 0 Å². The average Bonchev–Trinajstić information content (AvgIpc) is 3.77. The number of halogens is 2. The first-order chi connectivity index (χ1) is 24.9. The maximum absolute atomic E-state index is 14.1. The van der Waals surface area contributed by atoms with Gasteiger partial charge >= 0.3 is 0 Å². The number of fused-ring (bicyclic) bond motifs is 1. The molecule has 1 aliphatic rings. The lowest BCUT2D eigenvalue weighted by atomic mass is 9.85. The molecule has 2 amide bonds. The van der Waals surface area contributed by atoms with Crippen LogP contribution in [0.3, 0.4) is 0 Å². The Kier molecular flexibility index (Phi) is 12.2. The quantitative estimate of drug-likeness (QED) is 0.109. The van der Waals surface area contributed by atoms with Crippen molar-refractivity contribution in [3.05, 3.63) is 89.5 Å². The molecule has 0 bridgehead atoms. The molecule has 0 unspecified atom stereocenters. The third-order valence-electron chi connectivity index (χ3n) is 9.25. The fraction of sp³-hybridized carbons (Fsp3) is 0.447. The van der Waals surface area contributed by atoms with Crippen LogP contribution < -0.4 is 21.7 Å². The number of nitrogens with one attached hydrogen (secondary N) is 3. The number of benzene rings is 3. The maximum Gasteiger partial charge on any atom is 0.243 e. The number of nitrogens with two attached hydrogens (primary N) is 1. The Balaban J connectivity index is 1.34. The first-order valence-electron chi connectivity index (χ1n) is 17.6. The topological polar surface area (TPSA) is 167 Å². The summed E-state index contributed by atoms with van der Waals surface area (Å²) in [6.07, 6.45) is -0.00342. The van der Waals surface area contributed by atoms with E-state index in [1.807, 2.05) is 44.2 Å². The summed E-state index contributed by atoms with van der Waals surface area (Å²) in [6.45, 7) is 8.68. The van der Waals surface area contributed by atoms with Crippen molar-refractivity contribution in [3.8, 4) is 0 Å². The van der Waals surface area contributed by atoms with Gasteiger partial charge in [-0.2, -0.15) is 4.31 Å². The number of aliphatic hydroxyl groups is 1. The zero-order chi connectivity index (χ0) is 38.7. The highest BCUT2D eigenvalue weighted by Crippen LogP contribution is 2.45. The molecular formula is C38H48F2N6O5S2. The van der Waals surface area contributed by atoms with Crippen LogP contribution in [-0.2, 0) is 31.6 Å². The highest BCUT2D eigenvalue weighted by Gasteiger charge is 2.45. The molecule has 1 saturated carbocycles. The summed E-state index contributed by atoms with van der Waals surface area (Å²) in [5.74, 6) is -2.57. The summed E-state index contributed by atoms with van der Waals surface area (Å²) in [7, 11) is -4.11. The molecule has 3 atom stereocenters. The normalized spacial score (nSPS) is 16.0. The van der Waals surface area contributed by atoms with Gasteiger partial charge in [-0.05, 0) is 72.1 Å². The van der Waals surface area contributed by atoms with E-state index in [1.165, 1.54) is 39.9 Å². The summed E-state index contributed by atoms with van der Waals surface area (Å²) < 4.78 is 57.9. The second-order valence-electron chi connectivity index (χ2n) is 15.2. The molecule has 53 heavy (non-hydrogen) atoms. The summed E-state index contributed by atoms with van der Waals surface area (Å²) in [6, 6.07) is 15.0. The number of nitrogen functional groups attached to an aromatic ring is 1. The van der Waals surface area contributed by atoms with E-state index in [4.69, 9.17) is 5.73 Å². The highest BCUT2D eigenvalue weighted by molar-refractivity contribution is 7.89. The second-order valence-corrected chi connectivity index (χ2v) is 18.2. The molecule has 0 saturated heterocycles. The van der Waals surface area contributed by atoms with Gasteiger partial charge in [-0.25, -0.2) is 22.2 Å². The van der Waals surface area contributed by atoms with E-state index in [0.29, 0.717) is 33.8 Å². The predicted octanol–water partition coefficient (Wildman–Crippen LogP) is 4.70. The van der Waals surface area contributed by atoms with Crippen molar-refractivity contribution >= 4 is 48.5 Å². The lowest BCUT2D eigenvalue weighted by molar-refractivity contribution is -0.132. The molecule has 11 nitrogen and oxygen atoms in total. The number of thiazole rings is 1. The molecule has 1 aliphatic carbocycles. The van der Waals surface area contributed by atoms with Gasteiger partial charge in [0, 0.05) is 24.7 Å². The minimum Gasteiger partial charge on any atom is -0.390 e. The van der Waals surface area contributed by atoms with Crippen LogP contribution in [0.1, 0.15) is 58.6 Å². The number of sulfonamides is 1. The molecule has 0 radical (unpaired) electrons. The number of carbonyl (C=O) groups is 2. The maximum atomic E-state index is 14.1. The van der Waals surface area contributed by atoms with Crippen LogP contribution in [0.2, 0.25) is 0 Å². The first kappa shape index (κ1) is 40.2. The average molecular weight is 771 g/mol. The molecule has 6 N–H and O–H groups in total. The molecule has 0 spiro atoms. The van der Waals surface area contributed by atoms with E-state index in [0.717, 1.165) is 11.6 Å². The lowest BCUT2D eigenvalue weighted by Crippen LogP contribution is -2.59. The van der Waals surface area contributed by atoms with Gasteiger partial charge in [0.05, 0.1) is 33.8 Å². The Morgan fingerprint density at radius 3 is 2.26 bits per heavy atom. The number of rotatable bonds is 16. The zero-order valence-corrected chi connectivity index (χ0v) is 32.2. The summed E-state index contributed by atoms with van der Waals surface area (Å²) in [5, 5.41) is 21.0. The third-order valence-corrected chi connectivity index (χ3v) is 11.9. The summed E-state index contributed by atoms with van der Waals surface area (Å²) >= 11 is 1.18. The minimum absolute atomic E-state index is 0.0322. The SMILES string of the molecule is CC(C)CN(C[C@@H](O)[C@H](Cc1ccccc1)NC(=O)[C@@H](NC(=O)CNC1(c2cc(F)cc(F)c2)CC1)C(C)(C)C)S(=O)(=O)c1ccc2nc(N)sc2c1. The van der Waals surface area contributed by atoms with Crippen molar-refractivity contribution in [2.24, 2.45) is 11.3 Å². The van der Waals surface area contributed by atoms with Crippen molar-refractivity contribution in [3.63, 3.8) is 0 Å². The number of nitrogens with zero attached hydrogens (tertiary/aromatic N) is 2. The van der Waals surface area contributed by atoms with Gasteiger partial charge in [0.25, 0.3) is 0 Å². The number of amides is 2. The fourth-order valence-electron chi connectivity index (χ4n) is 6.32. The molecule has 15 heteroatoms. The third kappa shape index (κ3) is 10.1. The van der Waals surface area contributed by atoms with Gasteiger partial charge in [-0.1, -0.05) is 76.3 Å². The van der Waals surface area contributed by atoms with E-state index in [-0.39, 0.29) is 36.9 Å². The van der Waals surface area contributed by atoms with E-state index in [2.05, 4.69) is 20.9 Å². The number of aromatic nitrogens is 1. The van der Waals surface area contributed by atoms with Crippen molar-refractivity contribution in [2.75, 3.05) is 25.4 Å².